The maximum Gasteiger partial charge on any atom is 0.0944 e. The molecule has 2 rings (SSSR count). The molecule has 2 nitrogen and oxygen atoms in total. The lowest BCUT2D eigenvalue weighted by molar-refractivity contribution is 0.125. The Kier molecular flexibility index (Phi) is 2.64. The Hall–Kier alpha value is -0.420. The third-order valence-corrected chi connectivity index (χ3v) is 3.36. The number of benzene rings is 1. The molecule has 0 amide bonds. The van der Waals surface area contributed by atoms with E-state index in [4.69, 9.17) is 5.90 Å². The van der Waals surface area contributed by atoms with Gasteiger partial charge in [-0.15, -0.1) is 11.3 Å². The van der Waals surface area contributed by atoms with E-state index in [1.54, 1.807) is 11.3 Å². The third kappa shape index (κ3) is 1.76. The standard InChI is InChI=1S/C9H8BrNOS/c10-7-1-2-9-8(3-7)6(4-12-11)5-13-9/h1-3,5H,4,11H2. The quantitative estimate of drug-likeness (QED) is 0.840. The summed E-state index contributed by atoms with van der Waals surface area (Å²) in [6.07, 6.45) is 0. The number of hydrogen-bond donors (Lipinski definition) is 1. The maximum absolute atomic E-state index is 5.04. The molecule has 0 fully saturated rings. The zero-order chi connectivity index (χ0) is 9.26. The van der Waals surface area contributed by atoms with Crippen LogP contribution in [-0.4, -0.2) is 0 Å². The van der Waals surface area contributed by atoms with Gasteiger partial charge in [-0.3, -0.25) is 4.84 Å². The van der Waals surface area contributed by atoms with E-state index in [0.717, 1.165) is 10.0 Å². The highest BCUT2D eigenvalue weighted by atomic mass is 79.9. The number of fused-ring (bicyclic) bond motifs is 1. The van der Waals surface area contributed by atoms with Crippen molar-refractivity contribution < 1.29 is 4.84 Å². The van der Waals surface area contributed by atoms with E-state index >= 15 is 0 Å². The fourth-order valence-electron chi connectivity index (χ4n) is 1.26. The lowest BCUT2D eigenvalue weighted by atomic mass is 10.2. The lowest BCUT2D eigenvalue weighted by Gasteiger charge is -1.96. The molecule has 1 aromatic carbocycles. The van der Waals surface area contributed by atoms with Crippen LogP contribution in [0, 0.1) is 0 Å². The lowest BCUT2D eigenvalue weighted by Crippen LogP contribution is -1.97. The van der Waals surface area contributed by atoms with Gasteiger partial charge in [-0.25, -0.2) is 5.90 Å². The van der Waals surface area contributed by atoms with E-state index in [1.807, 2.05) is 6.07 Å². The van der Waals surface area contributed by atoms with Crippen LogP contribution in [0.5, 0.6) is 0 Å². The molecule has 0 saturated heterocycles. The van der Waals surface area contributed by atoms with Gasteiger partial charge in [0.25, 0.3) is 0 Å². The summed E-state index contributed by atoms with van der Waals surface area (Å²) in [5.41, 5.74) is 1.14. The van der Waals surface area contributed by atoms with Gasteiger partial charge in [0.1, 0.15) is 0 Å². The Labute approximate surface area is 88.4 Å². The fourth-order valence-corrected chi connectivity index (χ4v) is 2.54. The minimum atomic E-state index is 0.469. The van der Waals surface area contributed by atoms with E-state index in [2.05, 4.69) is 38.3 Å². The molecule has 0 atom stereocenters. The molecule has 0 aliphatic rings. The molecule has 0 aliphatic carbocycles. The number of nitrogens with two attached hydrogens (primary N) is 1. The maximum atomic E-state index is 5.04. The average molecular weight is 258 g/mol. The van der Waals surface area contributed by atoms with Crippen molar-refractivity contribution in [3.8, 4) is 0 Å². The predicted octanol–water partition coefficient (Wildman–Crippen LogP) is 3.05. The number of hydrogen-bond acceptors (Lipinski definition) is 3. The van der Waals surface area contributed by atoms with E-state index in [9.17, 15) is 0 Å². The van der Waals surface area contributed by atoms with E-state index < -0.39 is 0 Å². The molecule has 1 heterocycles. The van der Waals surface area contributed by atoms with Gasteiger partial charge in [0.2, 0.25) is 0 Å². The van der Waals surface area contributed by atoms with Gasteiger partial charge in [0, 0.05) is 9.17 Å². The van der Waals surface area contributed by atoms with E-state index in [0.29, 0.717) is 6.61 Å². The molecule has 0 aliphatic heterocycles. The Balaban J connectivity index is 2.58. The summed E-state index contributed by atoms with van der Waals surface area (Å²) in [5, 5.41) is 3.29. The molecular formula is C9H8BrNOS. The summed E-state index contributed by atoms with van der Waals surface area (Å²) in [6, 6.07) is 6.20. The molecule has 0 unspecified atom stereocenters. The molecule has 1 aromatic heterocycles. The topological polar surface area (TPSA) is 35.2 Å². The summed E-state index contributed by atoms with van der Waals surface area (Å²) >= 11 is 5.14. The molecule has 0 radical (unpaired) electrons. The van der Waals surface area contributed by atoms with Crippen LogP contribution >= 0.6 is 27.3 Å². The largest absolute Gasteiger partial charge is 0.300 e. The third-order valence-electron chi connectivity index (χ3n) is 1.85. The fraction of sp³-hybridized carbons (Fsp3) is 0.111. The summed E-state index contributed by atoms with van der Waals surface area (Å²) < 4.78 is 2.34. The summed E-state index contributed by atoms with van der Waals surface area (Å²) in [6.45, 7) is 0.469. The number of rotatable bonds is 2. The van der Waals surface area contributed by atoms with Crippen molar-refractivity contribution in [1.29, 1.82) is 0 Å². The van der Waals surface area contributed by atoms with Crippen LogP contribution in [0.4, 0.5) is 0 Å². The van der Waals surface area contributed by atoms with Gasteiger partial charge < -0.3 is 0 Å². The summed E-state index contributed by atoms with van der Waals surface area (Å²) in [5.74, 6) is 5.04. The normalized spacial score (nSPS) is 10.9. The first-order chi connectivity index (χ1) is 6.31. The van der Waals surface area contributed by atoms with Crippen molar-refractivity contribution in [2.75, 3.05) is 0 Å². The molecule has 0 saturated carbocycles. The average Bonchev–Trinajstić information content (AvgIpc) is 2.49. The Morgan fingerprint density at radius 3 is 3.08 bits per heavy atom. The molecular weight excluding hydrogens is 250 g/mol. The van der Waals surface area contributed by atoms with Crippen molar-refractivity contribution in [3.63, 3.8) is 0 Å². The minimum Gasteiger partial charge on any atom is -0.300 e. The van der Waals surface area contributed by atoms with Crippen LogP contribution < -0.4 is 5.90 Å². The van der Waals surface area contributed by atoms with Crippen LogP contribution in [0.3, 0.4) is 0 Å². The number of thiophene rings is 1. The second-order valence-electron chi connectivity index (χ2n) is 2.71. The highest BCUT2D eigenvalue weighted by Crippen LogP contribution is 2.28. The first kappa shape index (κ1) is 9.15. The highest BCUT2D eigenvalue weighted by molar-refractivity contribution is 9.10. The van der Waals surface area contributed by atoms with E-state index in [-0.39, 0.29) is 0 Å². The molecule has 0 bridgehead atoms. The van der Waals surface area contributed by atoms with Crippen molar-refractivity contribution in [2.24, 2.45) is 5.90 Å². The molecule has 68 valence electrons. The first-order valence-corrected chi connectivity index (χ1v) is 5.46. The molecule has 0 spiro atoms. The first-order valence-electron chi connectivity index (χ1n) is 3.78. The van der Waals surface area contributed by atoms with Gasteiger partial charge in [-0.2, -0.15) is 0 Å². The predicted molar refractivity (Wildman–Crippen MR) is 58.5 cm³/mol. The van der Waals surface area contributed by atoms with Crippen LogP contribution in [0.25, 0.3) is 10.1 Å². The summed E-state index contributed by atoms with van der Waals surface area (Å²) in [4.78, 5) is 4.63. The second kappa shape index (κ2) is 3.75. The van der Waals surface area contributed by atoms with Crippen LogP contribution in [0.1, 0.15) is 5.56 Å². The smallest absolute Gasteiger partial charge is 0.0944 e. The second-order valence-corrected chi connectivity index (χ2v) is 4.54. The molecule has 4 heteroatoms. The Morgan fingerprint density at radius 2 is 2.31 bits per heavy atom. The molecule has 13 heavy (non-hydrogen) atoms. The van der Waals surface area contributed by atoms with Gasteiger partial charge >= 0.3 is 0 Å². The van der Waals surface area contributed by atoms with Gasteiger partial charge in [0.05, 0.1) is 6.61 Å². The number of halogens is 1. The van der Waals surface area contributed by atoms with E-state index in [1.165, 1.54) is 10.1 Å². The monoisotopic (exact) mass is 257 g/mol. The SMILES string of the molecule is NOCc1csc2ccc(Br)cc12. The van der Waals surface area contributed by atoms with Crippen molar-refractivity contribution in [1.82, 2.24) is 0 Å². The zero-order valence-electron chi connectivity index (χ0n) is 6.79. The Morgan fingerprint density at radius 1 is 1.46 bits per heavy atom. The zero-order valence-corrected chi connectivity index (χ0v) is 9.19. The van der Waals surface area contributed by atoms with Crippen molar-refractivity contribution in [3.05, 3.63) is 33.6 Å². The van der Waals surface area contributed by atoms with Crippen molar-refractivity contribution >= 4 is 37.4 Å². The highest BCUT2D eigenvalue weighted by Gasteiger charge is 2.03. The van der Waals surface area contributed by atoms with Gasteiger partial charge in [-0.05, 0) is 34.5 Å². The van der Waals surface area contributed by atoms with Crippen LogP contribution in [0.15, 0.2) is 28.1 Å². The molecule has 2 aromatic rings. The van der Waals surface area contributed by atoms with Gasteiger partial charge in [0.15, 0.2) is 0 Å². The summed E-state index contributed by atoms with van der Waals surface area (Å²) in [7, 11) is 0. The van der Waals surface area contributed by atoms with Gasteiger partial charge in [-0.1, -0.05) is 15.9 Å². The van der Waals surface area contributed by atoms with Crippen LogP contribution in [-0.2, 0) is 11.4 Å². The van der Waals surface area contributed by atoms with Crippen LogP contribution in [0.2, 0.25) is 0 Å². The Bertz CT molecular complexity index is 426. The molecule has 2 N–H and O–H groups in total. The van der Waals surface area contributed by atoms with Crippen molar-refractivity contribution in [2.45, 2.75) is 6.61 Å². The minimum absolute atomic E-state index is 0.469.